The maximum Gasteiger partial charge on any atom is 0.408 e. The van der Waals surface area contributed by atoms with Gasteiger partial charge in [0.25, 0.3) is 0 Å². The molecule has 1 N–H and O–H groups in total. The topological polar surface area (TPSA) is 143 Å². The van der Waals surface area contributed by atoms with E-state index in [0.29, 0.717) is 23.6 Å². The largest absolute Gasteiger partial charge is 0.462 e. The quantitative estimate of drug-likeness (QED) is 0.521. The maximum atomic E-state index is 12.7. The van der Waals surface area contributed by atoms with Gasteiger partial charge in [-0.05, 0) is 27.7 Å². The van der Waals surface area contributed by atoms with Gasteiger partial charge >= 0.3 is 18.0 Å². The summed E-state index contributed by atoms with van der Waals surface area (Å²) in [6, 6.07) is 2.02. The number of hydrogen-bond donors (Lipinski definition) is 1. The second kappa shape index (κ2) is 9.19. The number of alkyl carbamates (subject to hydrolysis) is 1. The zero-order valence-electron chi connectivity index (χ0n) is 17.8. The zero-order chi connectivity index (χ0) is 22.6. The summed E-state index contributed by atoms with van der Waals surface area (Å²) in [5, 5.41) is 10.2. The van der Waals surface area contributed by atoms with Crippen LogP contribution in [0, 0.1) is 0 Å². The van der Waals surface area contributed by atoms with Crippen LogP contribution in [0.3, 0.4) is 0 Å². The van der Waals surface area contributed by atoms with Gasteiger partial charge in [0.2, 0.25) is 0 Å². The molecule has 1 aliphatic rings. The Morgan fingerprint density at radius 3 is 2.45 bits per heavy atom. The summed E-state index contributed by atoms with van der Waals surface area (Å²) in [6.45, 7) is 6.67. The van der Waals surface area contributed by atoms with Gasteiger partial charge in [-0.15, -0.1) is 0 Å². The molecule has 4 bridgehead atoms. The molecule has 0 fully saturated rings. The average Bonchev–Trinajstić information content (AvgIpc) is 3.26. The SMILES string of the molecule is CC1Cc2cc(no2)COC(=O)[C@H](NC(=O)OC(C)(C)C)Cc2cc(no2)CC(=O)O1. The number of aromatic nitrogens is 2. The summed E-state index contributed by atoms with van der Waals surface area (Å²) in [7, 11) is 0. The number of esters is 2. The van der Waals surface area contributed by atoms with Crippen LogP contribution in [0.5, 0.6) is 0 Å². The van der Waals surface area contributed by atoms with Gasteiger partial charge in [-0.2, -0.15) is 0 Å². The Hall–Kier alpha value is -3.37. The molecule has 11 heteroatoms. The molecule has 0 saturated heterocycles. The normalized spacial score (nSPS) is 20.5. The highest BCUT2D eigenvalue weighted by Gasteiger charge is 2.28. The van der Waals surface area contributed by atoms with Gasteiger partial charge < -0.3 is 28.6 Å². The number of rotatable bonds is 1. The second-order valence-electron chi connectivity index (χ2n) is 8.26. The minimum absolute atomic E-state index is 0.0550. The molecule has 1 unspecified atom stereocenters. The zero-order valence-corrected chi connectivity index (χ0v) is 17.8. The van der Waals surface area contributed by atoms with Crippen LogP contribution in [0.1, 0.15) is 50.6 Å². The van der Waals surface area contributed by atoms with Crippen LogP contribution in [0.25, 0.3) is 0 Å². The lowest BCUT2D eigenvalue weighted by Gasteiger charge is -2.22. The van der Waals surface area contributed by atoms with Crippen molar-refractivity contribution in [3.8, 4) is 0 Å². The van der Waals surface area contributed by atoms with E-state index in [1.165, 1.54) is 6.07 Å². The average molecular weight is 435 g/mol. The molecule has 11 nitrogen and oxygen atoms in total. The number of nitrogens with zero attached hydrogens (tertiary/aromatic N) is 2. The van der Waals surface area contributed by atoms with Crippen molar-refractivity contribution in [2.45, 2.75) is 71.3 Å². The van der Waals surface area contributed by atoms with Crippen LogP contribution in [-0.4, -0.2) is 46.1 Å². The third-order valence-electron chi connectivity index (χ3n) is 4.11. The molecule has 2 aromatic heterocycles. The van der Waals surface area contributed by atoms with E-state index >= 15 is 0 Å². The first kappa shape index (κ1) is 22.3. The van der Waals surface area contributed by atoms with Crippen molar-refractivity contribution in [3.63, 3.8) is 0 Å². The molecule has 0 spiro atoms. The number of hydrogen-bond acceptors (Lipinski definition) is 10. The number of amides is 1. The third-order valence-corrected chi connectivity index (χ3v) is 4.11. The Kier molecular flexibility index (Phi) is 6.62. The molecule has 168 valence electrons. The minimum Gasteiger partial charge on any atom is -0.462 e. The Balaban J connectivity index is 1.80. The lowest BCUT2D eigenvalue weighted by atomic mass is 10.1. The summed E-state index contributed by atoms with van der Waals surface area (Å²) in [4.78, 5) is 37.0. The van der Waals surface area contributed by atoms with Gasteiger partial charge in [0, 0.05) is 25.0 Å². The fraction of sp³-hybridized carbons (Fsp3) is 0.550. The van der Waals surface area contributed by atoms with Crippen molar-refractivity contribution in [1.29, 1.82) is 0 Å². The summed E-state index contributed by atoms with van der Waals surface area (Å²) in [6.07, 6.45) is -1.09. The van der Waals surface area contributed by atoms with Crippen LogP contribution < -0.4 is 5.32 Å². The molecule has 0 radical (unpaired) electrons. The van der Waals surface area contributed by atoms with Crippen LogP contribution in [0.15, 0.2) is 21.2 Å². The fourth-order valence-corrected chi connectivity index (χ4v) is 2.88. The molecule has 0 aliphatic carbocycles. The van der Waals surface area contributed by atoms with E-state index in [-0.39, 0.29) is 25.2 Å². The summed E-state index contributed by atoms with van der Waals surface area (Å²) in [5.41, 5.74) is -0.0297. The van der Waals surface area contributed by atoms with Gasteiger partial charge in [0.15, 0.2) is 0 Å². The predicted octanol–water partition coefficient (Wildman–Crippen LogP) is 1.87. The summed E-state index contributed by atoms with van der Waals surface area (Å²) >= 11 is 0. The molecule has 31 heavy (non-hydrogen) atoms. The smallest absolute Gasteiger partial charge is 0.408 e. The van der Waals surface area contributed by atoms with E-state index in [9.17, 15) is 14.4 Å². The monoisotopic (exact) mass is 435 g/mol. The van der Waals surface area contributed by atoms with Crippen LogP contribution in [0.2, 0.25) is 0 Å². The van der Waals surface area contributed by atoms with Gasteiger partial charge in [-0.1, -0.05) is 10.3 Å². The van der Waals surface area contributed by atoms with Gasteiger partial charge in [-0.25, -0.2) is 9.59 Å². The molecule has 2 aromatic rings. The second-order valence-corrected chi connectivity index (χ2v) is 8.26. The Bertz CT molecular complexity index is 942. The van der Waals surface area contributed by atoms with E-state index in [1.54, 1.807) is 33.8 Å². The molecule has 3 heterocycles. The molecule has 3 rings (SSSR count). The van der Waals surface area contributed by atoms with Crippen molar-refractivity contribution in [2.75, 3.05) is 0 Å². The summed E-state index contributed by atoms with van der Waals surface area (Å²) < 4.78 is 26.3. The molecule has 2 atom stereocenters. The molecule has 1 amide bonds. The van der Waals surface area contributed by atoms with Crippen molar-refractivity contribution < 1.29 is 37.6 Å². The van der Waals surface area contributed by atoms with Crippen molar-refractivity contribution in [2.24, 2.45) is 0 Å². The van der Waals surface area contributed by atoms with Gasteiger partial charge in [-0.3, -0.25) is 4.79 Å². The number of nitrogens with one attached hydrogen (secondary N) is 1. The lowest BCUT2D eigenvalue weighted by Crippen LogP contribution is -2.45. The number of carbonyl (C=O) groups is 3. The highest BCUT2D eigenvalue weighted by Crippen LogP contribution is 2.15. The van der Waals surface area contributed by atoms with Crippen LogP contribution in [-0.2, 0) is 49.7 Å². The number of carbonyl (C=O) groups excluding carboxylic acids is 3. The highest BCUT2D eigenvalue weighted by molar-refractivity contribution is 5.81. The number of fused-ring (bicyclic) bond motifs is 4. The van der Waals surface area contributed by atoms with E-state index < -0.39 is 35.8 Å². The first-order chi connectivity index (χ1) is 14.6. The fourth-order valence-electron chi connectivity index (χ4n) is 2.88. The highest BCUT2D eigenvalue weighted by atomic mass is 16.6. The molecule has 1 aliphatic heterocycles. The van der Waals surface area contributed by atoms with E-state index in [1.807, 2.05) is 0 Å². The van der Waals surface area contributed by atoms with Crippen molar-refractivity contribution >= 4 is 18.0 Å². The molecule has 0 saturated carbocycles. The standard InChI is InChI=1S/C20H25N3O8/c1-11-5-14-7-13(23-30-14)10-27-18(25)16(21-19(26)29-20(2,3)4)9-15-6-12(22-31-15)8-17(24)28-11/h6-7,11,16H,5,8-10H2,1-4H3,(H,21,26)/t11?,16-/m1/s1. The first-order valence-corrected chi connectivity index (χ1v) is 9.82. The van der Waals surface area contributed by atoms with Crippen LogP contribution >= 0.6 is 0 Å². The molecular formula is C20H25N3O8. The number of cyclic esters (lactones) is 2. The van der Waals surface area contributed by atoms with E-state index in [0.717, 1.165) is 0 Å². The summed E-state index contributed by atoms with van der Waals surface area (Å²) in [5.74, 6) is -0.439. The maximum absolute atomic E-state index is 12.7. The van der Waals surface area contributed by atoms with Crippen molar-refractivity contribution in [1.82, 2.24) is 15.6 Å². The Morgan fingerprint density at radius 2 is 1.74 bits per heavy atom. The lowest BCUT2D eigenvalue weighted by molar-refractivity contribution is -0.148. The third kappa shape index (κ3) is 6.83. The number of ether oxygens (including phenoxy) is 3. The predicted molar refractivity (Wildman–Crippen MR) is 103 cm³/mol. The molecular weight excluding hydrogens is 410 g/mol. The Morgan fingerprint density at radius 1 is 1.10 bits per heavy atom. The molecule has 0 aromatic carbocycles. The van der Waals surface area contributed by atoms with Gasteiger partial charge in [0.05, 0.1) is 12.1 Å². The van der Waals surface area contributed by atoms with E-state index in [4.69, 9.17) is 23.3 Å². The minimum atomic E-state index is -1.11. The van der Waals surface area contributed by atoms with Gasteiger partial charge in [0.1, 0.15) is 41.6 Å². The first-order valence-electron chi connectivity index (χ1n) is 9.82. The Labute approximate surface area is 178 Å². The van der Waals surface area contributed by atoms with Crippen LogP contribution in [0.4, 0.5) is 4.79 Å². The van der Waals surface area contributed by atoms with Crippen molar-refractivity contribution in [3.05, 3.63) is 35.0 Å². The van der Waals surface area contributed by atoms with E-state index in [2.05, 4.69) is 15.6 Å².